The van der Waals surface area contributed by atoms with E-state index in [2.05, 4.69) is 22.4 Å². The Balaban J connectivity index is 1.32. The van der Waals surface area contributed by atoms with Crippen LogP contribution in [0.5, 0.6) is 11.5 Å². The predicted molar refractivity (Wildman–Crippen MR) is 152 cm³/mol. The van der Waals surface area contributed by atoms with E-state index in [1.807, 2.05) is 41.4 Å². The number of carbonyl (C=O) groups is 2. The van der Waals surface area contributed by atoms with Crippen LogP contribution >= 0.6 is 0 Å². The maximum atomic E-state index is 13.8. The van der Waals surface area contributed by atoms with E-state index in [4.69, 9.17) is 9.47 Å². The summed E-state index contributed by atoms with van der Waals surface area (Å²) in [5.41, 5.74) is 3.21. The van der Waals surface area contributed by atoms with Gasteiger partial charge in [-0.25, -0.2) is 4.79 Å². The van der Waals surface area contributed by atoms with Crippen molar-refractivity contribution >= 4 is 22.8 Å². The van der Waals surface area contributed by atoms with Crippen LogP contribution < -0.4 is 14.8 Å². The van der Waals surface area contributed by atoms with Gasteiger partial charge in [-0.05, 0) is 61.4 Å². The highest BCUT2D eigenvalue weighted by Gasteiger charge is 2.35. The number of hydrogen-bond donors (Lipinski definition) is 2. The maximum absolute atomic E-state index is 13.8. The monoisotopic (exact) mass is 532 g/mol. The number of rotatable bonds is 11. The van der Waals surface area contributed by atoms with Crippen LogP contribution in [0, 0.1) is 0 Å². The molecule has 8 nitrogen and oxygen atoms in total. The lowest BCUT2D eigenvalue weighted by Crippen LogP contribution is -2.50. The van der Waals surface area contributed by atoms with Crippen LogP contribution in [0.1, 0.15) is 56.1 Å². The summed E-state index contributed by atoms with van der Waals surface area (Å²) in [6, 6.07) is 14.2. The number of nitrogens with zero attached hydrogens (tertiary/aromatic N) is 2. The van der Waals surface area contributed by atoms with E-state index in [0.29, 0.717) is 31.0 Å². The van der Waals surface area contributed by atoms with Crippen molar-refractivity contribution in [3.05, 3.63) is 59.8 Å². The molecule has 2 N–H and O–H groups in total. The van der Waals surface area contributed by atoms with Crippen molar-refractivity contribution in [3.63, 3.8) is 0 Å². The van der Waals surface area contributed by atoms with Crippen molar-refractivity contribution in [2.45, 2.75) is 70.0 Å². The number of fused-ring (bicyclic) bond motifs is 1. The molecule has 2 saturated carbocycles. The van der Waals surface area contributed by atoms with Crippen molar-refractivity contribution in [1.29, 1.82) is 0 Å². The third-order valence-electron chi connectivity index (χ3n) is 7.99. The molecular weight excluding hydrogens is 492 g/mol. The molecule has 208 valence electrons. The normalized spacial score (nSPS) is 15.6. The number of urea groups is 1. The number of ether oxygens (including phenoxy) is 2. The van der Waals surface area contributed by atoms with E-state index in [-0.39, 0.29) is 30.6 Å². The van der Waals surface area contributed by atoms with Crippen molar-refractivity contribution in [2.24, 2.45) is 0 Å². The van der Waals surface area contributed by atoms with Gasteiger partial charge < -0.3 is 29.6 Å². The molecule has 1 heterocycles. The van der Waals surface area contributed by atoms with Crippen molar-refractivity contribution in [1.82, 2.24) is 20.1 Å². The Morgan fingerprint density at radius 2 is 1.74 bits per heavy atom. The minimum atomic E-state index is -0.0968. The highest BCUT2D eigenvalue weighted by molar-refractivity contribution is 5.85. The first-order chi connectivity index (χ1) is 19.1. The van der Waals surface area contributed by atoms with Crippen LogP contribution in [0.4, 0.5) is 4.79 Å². The SMILES string of the molecule is COc1ccc(CN(CCc2c[nH]c3ccccc23)C(=O)CN(C(=O)NC2CCCCC2)C2CC2)cc1OC. The van der Waals surface area contributed by atoms with Crippen LogP contribution in [0.25, 0.3) is 10.9 Å². The Morgan fingerprint density at radius 3 is 2.49 bits per heavy atom. The van der Waals surface area contributed by atoms with E-state index in [0.717, 1.165) is 49.6 Å². The number of benzene rings is 2. The van der Waals surface area contributed by atoms with E-state index < -0.39 is 0 Å². The lowest BCUT2D eigenvalue weighted by atomic mass is 9.96. The van der Waals surface area contributed by atoms with Crippen molar-refractivity contribution in [2.75, 3.05) is 27.3 Å². The maximum Gasteiger partial charge on any atom is 0.318 e. The number of methoxy groups -OCH3 is 2. The molecule has 1 aromatic heterocycles. The van der Waals surface area contributed by atoms with Gasteiger partial charge in [0.25, 0.3) is 0 Å². The second-order valence-electron chi connectivity index (χ2n) is 10.8. The Labute approximate surface area is 230 Å². The standard InChI is InChI=1S/C31H40N4O4/c1-38-28-15-12-22(18-29(28)39-2)20-34(17-16-23-19-32-27-11-7-6-10-26(23)27)30(36)21-35(25-13-14-25)31(37)33-24-8-4-3-5-9-24/h6-7,10-12,15,18-19,24-25,32H,3-5,8-9,13-14,16-17,20-21H2,1-2H3,(H,33,37). The molecule has 0 saturated heterocycles. The van der Waals surface area contributed by atoms with E-state index in [1.54, 1.807) is 19.1 Å². The molecule has 3 aromatic rings. The fourth-order valence-electron chi connectivity index (χ4n) is 5.59. The lowest BCUT2D eigenvalue weighted by molar-refractivity contribution is -0.132. The summed E-state index contributed by atoms with van der Waals surface area (Å²) < 4.78 is 10.9. The van der Waals surface area contributed by atoms with Crippen LogP contribution in [-0.2, 0) is 17.8 Å². The lowest BCUT2D eigenvalue weighted by Gasteiger charge is -2.30. The van der Waals surface area contributed by atoms with Gasteiger partial charge in [-0.2, -0.15) is 0 Å². The first-order valence-corrected chi connectivity index (χ1v) is 14.2. The Kier molecular flexibility index (Phi) is 8.59. The fourth-order valence-corrected chi connectivity index (χ4v) is 5.59. The van der Waals surface area contributed by atoms with Crippen molar-refractivity contribution in [3.8, 4) is 11.5 Å². The molecule has 0 bridgehead atoms. The Bertz CT molecular complexity index is 1280. The van der Waals surface area contributed by atoms with E-state index in [1.165, 1.54) is 17.4 Å². The van der Waals surface area contributed by atoms with E-state index in [9.17, 15) is 9.59 Å². The molecular formula is C31H40N4O4. The van der Waals surface area contributed by atoms with Gasteiger partial charge in [0.05, 0.1) is 14.2 Å². The Hall–Kier alpha value is -3.68. The molecule has 39 heavy (non-hydrogen) atoms. The topological polar surface area (TPSA) is 86.9 Å². The number of para-hydroxylation sites is 1. The fraction of sp³-hybridized carbons (Fsp3) is 0.484. The number of aromatic nitrogens is 1. The molecule has 8 heteroatoms. The summed E-state index contributed by atoms with van der Waals surface area (Å²) in [5.74, 6) is 1.23. The zero-order valence-electron chi connectivity index (χ0n) is 23.1. The van der Waals surface area contributed by atoms with Crippen LogP contribution in [0.2, 0.25) is 0 Å². The minimum absolute atomic E-state index is 0.0460. The molecule has 2 aromatic carbocycles. The molecule has 2 fully saturated rings. The number of H-pyrrole nitrogens is 1. The highest BCUT2D eigenvalue weighted by Crippen LogP contribution is 2.30. The summed E-state index contributed by atoms with van der Waals surface area (Å²) in [4.78, 5) is 34.1. The molecule has 0 atom stereocenters. The zero-order chi connectivity index (χ0) is 27.2. The van der Waals surface area contributed by atoms with E-state index >= 15 is 0 Å². The van der Waals surface area contributed by atoms with Gasteiger partial charge in [-0.15, -0.1) is 0 Å². The van der Waals surface area contributed by atoms with Crippen LogP contribution in [0.15, 0.2) is 48.7 Å². The Morgan fingerprint density at radius 1 is 0.974 bits per heavy atom. The van der Waals surface area contributed by atoms with Gasteiger partial charge >= 0.3 is 6.03 Å². The van der Waals surface area contributed by atoms with Gasteiger partial charge in [-0.3, -0.25) is 4.79 Å². The quantitative estimate of drug-likeness (QED) is 0.353. The largest absolute Gasteiger partial charge is 0.493 e. The highest BCUT2D eigenvalue weighted by atomic mass is 16.5. The molecule has 2 aliphatic carbocycles. The average molecular weight is 533 g/mol. The third-order valence-corrected chi connectivity index (χ3v) is 7.99. The molecule has 5 rings (SSSR count). The summed E-state index contributed by atoms with van der Waals surface area (Å²) >= 11 is 0. The molecule has 0 radical (unpaired) electrons. The molecule has 3 amide bonds. The summed E-state index contributed by atoms with van der Waals surface area (Å²) in [6.45, 7) is 1.05. The van der Waals surface area contributed by atoms with Gasteiger partial charge in [-0.1, -0.05) is 43.5 Å². The number of aromatic amines is 1. The molecule has 0 aliphatic heterocycles. The second kappa shape index (κ2) is 12.5. The first-order valence-electron chi connectivity index (χ1n) is 14.2. The molecule has 2 aliphatic rings. The number of nitrogens with one attached hydrogen (secondary N) is 2. The zero-order valence-corrected chi connectivity index (χ0v) is 23.1. The van der Waals surface area contributed by atoms with Gasteiger partial charge in [0.15, 0.2) is 11.5 Å². The molecule has 0 unspecified atom stereocenters. The van der Waals surface area contributed by atoms with Gasteiger partial charge in [0.1, 0.15) is 6.54 Å². The van der Waals surface area contributed by atoms with Crippen LogP contribution in [0.3, 0.4) is 0 Å². The average Bonchev–Trinajstić information content (AvgIpc) is 3.73. The van der Waals surface area contributed by atoms with Crippen LogP contribution in [-0.4, -0.2) is 66.1 Å². The number of amides is 3. The summed E-state index contributed by atoms with van der Waals surface area (Å²) in [6.07, 6.45) is 10.2. The minimum Gasteiger partial charge on any atom is -0.493 e. The number of carbonyl (C=O) groups excluding carboxylic acids is 2. The van der Waals surface area contributed by atoms with Crippen molar-refractivity contribution < 1.29 is 19.1 Å². The second-order valence-corrected chi connectivity index (χ2v) is 10.8. The molecule has 0 spiro atoms. The first kappa shape index (κ1) is 26.9. The summed E-state index contributed by atoms with van der Waals surface area (Å²) in [7, 11) is 3.22. The predicted octanol–water partition coefficient (Wildman–Crippen LogP) is 5.26. The summed E-state index contributed by atoms with van der Waals surface area (Å²) in [5, 5.41) is 4.39. The van der Waals surface area contributed by atoms with Gasteiger partial charge in [0.2, 0.25) is 5.91 Å². The third kappa shape index (κ3) is 6.67. The van der Waals surface area contributed by atoms with Gasteiger partial charge in [0, 0.05) is 42.3 Å². The number of hydrogen-bond acceptors (Lipinski definition) is 4. The smallest absolute Gasteiger partial charge is 0.318 e.